The first kappa shape index (κ1) is 30.1. The third-order valence-corrected chi connectivity index (χ3v) is 10.2. The average Bonchev–Trinajstić information content (AvgIpc) is 3.44. The Morgan fingerprint density at radius 2 is 1.74 bits per heavy atom. The number of aromatic nitrogens is 1. The number of hydrogen-bond donors (Lipinski definition) is 1. The number of methoxy groups -OCH3 is 2. The number of piperazine rings is 1. The van der Waals surface area contributed by atoms with Gasteiger partial charge in [0.1, 0.15) is 17.3 Å². The summed E-state index contributed by atoms with van der Waals surface area (Å²) in [6.07, 6.45) is 1.14. The number of allylic oxidation sites excluding steroid dienone is 1. The number of Topliss-reactive ketones (excluding diaryl/α,β-unsaturated/α-hetero) is 1. The van der Waals surface area contributed by atoms with Crippen LogP contribution in [0.5, 0.6) is 11.5 Å². The molecule has 3 aromatic carbocycles. The molecule has 3 heterocycles. The van der Waals surface area contributed by atoms with Gasteiger partial charge in [0, 0.05) is 60.9 Å². The lowest BCUT2D eigenvalue weighted by molar-refractivity contribution is -0.130. The van der Waals surface area contributed by atoms with Gasteiger partial charge in [0.2, 0.25) is 5.91 Å². The topological polar surface area (TPSA) is 87.2 Å². The molecule has 3 aliphatic rings. The number of nitrogens with zero attached hydrogens (tertiary/aromatic N) is 4. The fourth-order valence-electron chi connectivity index (χ4n) is 7.11. The predicted octanol–water partition coefficient (Wildman–Crippen LogP) is 6.28. The summed E-state index contributed by atoms with van der Waals surface area (Å²) in [6, 6.07) is 21.5. The average molecular weight is 638 g/mol. The highest BCUT2D eigenvalue weighted by atomic mass is 32.1. The normalized spacial score (nSPS) is 19.3. The molecule has 0 bridgehead atoms. The Kier molecular flexibility index (Phi) is 7.84. The van der Waals surface area contributed by atoms with Gasteiger partial charge in [-0.05, 0) is 59.8 Å². The van der Waals surface area contributed by atoms with Crippen LogP contribution in [0.15, 0.2) is 78.0 Å². The molecule has 1 fully saturated rings. The quantitative estimate of drug-likeness (QED) is 0.265. The molecule has 1 N–H and O–H groups in total. The number of carbonyl (C=O) groups is 2. The summed E-state index contributed by atoms with van der Waals surface area (Å²) in [7, 11) is 3.25. The zero-order valence-electron chi connectivity index (χ0n) is 26.7. The number of ketones is 1. The lowest BCUT2D eigenvalue weighted by atomic mass is 9.73. The van der Waals surface area contributed by atoms with Gasteiger partial charge < -0.3 is 29.5 Å². The number of carbonyl (C=O) groups excluding carboxylic acids is 2. The van der Waals surface area contributed by atoms with Crippen molar-refractivity contribution in [2.24, 2.45) is 5.41 Å². The summed E-state index contributed by atoms with van der Waals surface area (Å²) in [5.74, 6) is 2.35. The molecule has 1 saturated heterocycles. The van der Waals surface area contributed by atoms with Gasteiger partial charge in [-0.2, -0.15) is 4.37 Å². The molecule has 7 rings (SSSR count). The van der Waals surface area contributed by atoms with E-state index in [1.54, 1.807) is 14.2 Å². The van der Waals surface area contributed by atoms with Gasteiger partial charge in [-0.15, -0.1) is 0 Å². The minimum atomic E-state index is -0.540. The lowest BCUT2D eigenvalue weighted by Crippen LogP contribution is -2.52. The van der Waals surface area contributed by atoms with Crippen LogP contribution in [0, 0.1) is 5.41 Å². The van der Waals surface area contributed by atoms with Gasteiger partial charge in [-0.25, -0.2) is 0 Å². The van der Waals surface area contributed by atoms with E-state index in [0.29, 0.717) is 56.1 Å². The summed E-state index contributed by atoms with van der Waals surface area (Å²) >= 11 is 1.51. The van der Waals surface area contributed by atoms with Crippen LogP contribution in [-0.4, -0.2) is 67.9 Å². The molecular weight excluding hydrogens is 598 g/mol. The Bertz CT molecular complexity index is 1840. The molecule has 1 aromatic heterocycles. The Morgan fingerprint density at radius 1 is 0.978 bits per heavy atom. The SMILES string of the molecule is COc1ccc(C2C3=C(CC(C)(C)CC3=O)Nc3ccccc3N2CC(=O)N2CCN(c3nsc4ccccc34)CC2)c(OC)c1. The molecule has 4 aromatic rings. The van der Waals surface area contributed by atoms with Gasteiger partial charge in [-0.3, -0.25) is 9.59 Å². The summed E-state index contributed by atoms with van der Waals surface area (Å²) in [4.78, 5) is 34.7. The second kappa shape index (κ2) is 12.0. The van der Waals surface area contributed by atoms with E-state index in [0.717, 1.165) is 33.8 Å². The van der Waals surface area contributed by atoms with Gasteiger partial charge in [0.05, 0.1) is 42.9 Å². The Hall–Kier alpha value is -4.57. The van der Waals surface area contributed by atoms with E-state index >= 15 is 0 Å². The number of fused-ring (bicyclic) bond motifs is 2. The number of nitrogens with one attached hydrogen (secondary N) is 1. The number of benzene rings is 3. The van der Waals surface area contributed by atoms with E-state index in [-0.39, 0.29) is 23.7 Å². The van der Waals surface area contributed by atoms with E-state index in [1.807, 2.05) is 59.5 Å². The van der Waals surface area contributed by atoms with E-state index in [9.17, 15) is 9.59 Å². The molecule has 1 atom stereocenters. The Balaban J connectivity index is 1.25. The zero-order valence-corrected chi connectivity index (χ0v) is 27.5. The highest BCUT2D eigenvalue weighted by Gasteiger charge is 2.43. The van der Waals surface area contributed by atoms with Crippen molar-refractivity contribution in [2.75, 3.05) is 62.1 Å². The molecular formula is C36H39N5O4S. The van der Waals surface area contributed by atoms with Crippen LogP contribution >= 0.6 is 11.5 Å². The van der Waals surface area contributed by atoms with Gasteiger partial charge in [0.25, 0.3) is 0 Å². The first-order valence-corrected chi connectivity index (χ1v) is 16.5. The molecule has 0 radical (unpaired) electrons. The predicted molar refractivity (Wildman–Crippen MR) is 183 cm³/mol. The first-order valence-electron chi connectivity index (χ1n) is 15.7. The maximum atomic E-state index is 14.2. The largest absolute Gasteiger partial charge is 0.497 e. The summed E-state index contributed by atoms with van der Waals surface area (Å²) < 4.78 is 17.3. The fourth-order valence-corrected chi connectivity index (χ4v) is 7.90. The first-order chi connectivity index (χ1) is 22.3. The summed E-state index contributed by atoms with van der Waals surface area (Å²) in [5.41, 5.74) is 3.95. The van der Waals surface area contributed by atoms with Crippen molar-refractivity contribution in [2.45, 2.75) is 32.7 Å². The van der Waals surface area contributed by atoms with Crippen molar-refractivity contribution in [1.29, 1.82) is 0 Å². The zero-order chi connectivity index (χ0) is 32.0. The van der Waals surface area contributed by atoms with Crippen molar-refractivity contribution >= 4 is 50.5 Å². The Morgan fingerprint density at radius 3 is 2.52 bits per heavy atom. The molecule has 46 heavy (non-hydrogen) atoms. The second-order valence-corrected chi connectivity index (χ2v) is 13.8. The molecule has 238 valence electrons. The Labute approximate surface area is 273 Å². The van der Waals surface area contributed by atoms with Gasteiger partial charge in [-0.1, -0.05) is 38.1 Å². The number of amides is 1. The van der Waals surface area contributed by atoms with Crippen molar-refractivity contribution in [3.8, 4) is 11.5 Å². The van der Waals surface area contributed by atoms with Crippen LogP contribution in [0.1, 0.15) is 38.3 Å². The van der Waals surface area contributed by atoms with Crippen LogP contribution < -0.4 is 24.6 Å². The fraction of sp³-hybridized carbons (Fsp3) is 0.361. The summed E-state index contributed by atoms with van der Waals surface area (Å²) in [6.45, 7) is 6.96. The highest BCUT2D eigenvalue weighted by molar-refractivity contribution is 7.13. The minimum Gasteiger partial charge on any atom is -0.497 e. The minimum absolute atomic E-state index is 0.0164. The molecule has 0 saturated carbocycles. The molecule has 1 aliphatic carbocycles. The highest BCUT2D eigenvalue weighted by Crippen LogP contribution is 2.50. The van der Waals surface area contributed by atoms with Crippen LogP contribution in [0.2, 0.25) is 0 Å². The molecule has 1 amide bonds. The van der Waals surface area contributed by atoms with Crippen LogP contribution in [0.3, 0.4) is 0 Å². The molecule has 10 heteroatoms. The van der Waals surface area contributed by atoms with E-state index < -0.39 is 6.04 Å². The van der Waals surface area contributed by atoms with Crippen molar-refractivity contribution < 1.29 is 19.1 Å². The lowest BCUT2D eigenvalue weighted by Gasteiger charge is -2.40. The van der Waals surface area contributed by atoms with Crippen molar-refractivity contribution in [3.05, 3.63) is 83.6 Å². The van der Waals surface area contributed by atoms with Gasteiger partial charge in [0.15, 0.2) is 5.78 Å². The third kappa shape index (κ3) is 5.44. The summed E-state index contributed by atoms with van der Waals surface area (Å²) in [5, 5.41) is 4.79. The smallest absolute Gasteiger partial charge is 0.242 e. The van der Waals surface area contributed by atoms with E-state index in [4.69, 9.17) is 13.8 Å². The number of anilines is 3. The van der Waals surface area contributed by atoms with Crippen LogP contribution in [-0.2, 0) is 9.59 Å². The van der Waals surface area contributed by atoms with Crippen molar-refractivity contribution in [3.63, 3.8) is 0 Å². The van der Waals surface area contributed by atoms with Crippen LogP contribution in [0.25, 0.3) is 10.1 Å². The monoisotopic (exact) mass is 637 g/mol. The maximum absolute atomic E-state index is 14.2. The number of para-hydroxylation sites is 2. The van der Waals surface area contributed by atoms with E-state index in [2.05, 4.69) is 41.1 Å². The second-order valence-electron chi connectivity index (χ2n) is 13.0. The third-order valence-electron chi connectivity index (χ3n) is 9.34. The number of hydrogen-bond acceptors (Lipinski definition) is 9. The molecule has 0 spiro atoms. The standard InChI is InChI=1S/C36H39N5O4S/c1-36(2)20-27-33(29(42)21-36)34(24-14-13-23(44-3)19-30(24)45-4)41(28-11-7-6-10-26(28)37-27)22-32(43)39-15-17-40(18-16-39)35-25-9-5-8-12-31(25)46-38-35/h5-14,19,34,37H,15-18,20-22H2,1-4H3. The number of ether oxygens (including phenoxy) is 2. The van der Waals surface area contributed by atoms with Crippen molar-refractivity contribution in [1.82, 2.24) is 9.27 Å². The molecule has 1 unspecified atom stereocenters. The molecule has 2 aliphatic heterocycles. The van der Waals surface area contributed by atoms with Gasteiger partial charge >= 0.3 is 0 Å². The van der Waals surface area contributed by atoms with Crippen LogP contribution in [0.4, 0.5) is 17.2 Å². The van der Waals surface area contributed by atoms with E-state index in [1.165, 1.54) is 16.2 Å². The maximum Gasteiger partial charge on any atom is 0.242 e. The number of rotatable bonds is 6. The molecule has 9 nitrogen and oxygen atoms in total.